The number of rotatable bonds is 14. The number of hydrogen-bond acceptors (Lipinski definition) is 8. The van der Waals surface area contributed by atoms with Gasteiger partial charge in [-0.1, -0.05) is 86.6 Å². The lowest BCUT2D eigenvalue weighted by Gasteiger charge is -2.30. The van der Waals surface area contributed by atoms with E-state index in [9.17, 15) is 14.4 Å². The van der Waals surface area contributed by atoms with Crippen molar-refractivity contribution in [2.45, 2.75) is 64.6 Å². The Balaban J connectivity index is 1.46. The van der Waals surface area contributed by atoms with E-state index in [-0.39, 0.29) is 17.3 Å². The van der Waals surface area contributed by atoms with E-state index in [4.69, 9.17) is 14.3 Å². The van der Waals surface area contributed by atoms with Crippen LogP contribution in [0.1, 0.15) is 84.2 Å². The summed E-state index contributed by atoms with van der Waals surface area (Å²) in [4.78, 5) is 46.1. The molecular weight excluding hydrogens is 616 g/mol. The van der Waals surface area contributed by atoms with Crippen LogP contribution in [0.25, 0.3) is 0 Å². The molecule has 1 aliphatic carbocycles. The van der Waals surface area contributed by atoms with E-state index in [1.165, 1.54) is 33.1 Å². The fourth-order valence-corrected chi connectivity index (χ4v) is 6.46. The summed E-state index contributed by atoms with van der Waals surface area (Å²) < 4.78 is 11.4. The lowest BCUT2D eigenvalue weighted by Crippen LogP contribution is -2.40. The van der Waals surface area contributed by atoms with Crippen molar-refractivity contribution in [2.24, 2.45) is 11.1 Å². The molecule has 1 aliphatic rings. The highest BCUT2D eigenvalue weighted by Crippen LogP contribution is 2.37. The molecule has 1 saturated carbocycles. The number of benzene rings is 4. The Morgan fingerprint density at radius 2 is 1.27 bits per heavy atom. The number of ether oxygens (including phenoxy) is 2. The SMILES string of the molecule is CCc1ccc(N(c2ccc(C(=O)/C(CC3CCCCC3)=N/OC(C)=O)cc2)c2ccc(C(=O)C(OC)(OC)c3ccccc3)cc2)cc1. The van der Waals surface area contributed by atoms with Gasteiger partial charge in [-0.15, -0.1) is 0 Å². The maximum absolute atomic E-state index is 13.9. The van der Waals surface area contributed by atoms with Gasteiger partial charge in [0.15, 0.2) is 0 Å². The minimum Gasteiger partial charge on any atom is -0.343 e. The van der Waals surface area contributed by atoms with Gasteiger partial charge in [0, 0.05) is 54.9 Å². The van der Waals surface area contributed by atoms with Crippen molar-refractivity contribution in [2.75, 3.05) is 19.1 Å². The zero-order valence-corrected chi connectivity index (χ0v) is 28.7. The smallest absolute Gasteiger partial charge is 0.331 e. The zero-order valence-electron chi connectivity index (χ0n) is 28.7. The maximum atomic E-state index is 13.9. The summed E-state index contributed by atoms with van der Waals surface area (Å²) in [5.74, 6) is -2.38. The first-order chi connectivity index (χ1) is 23.8. The van der Waals surface area contributed by atoms with E-state index >= 15 is 0 Å². The first-order valence-electron chi connectivity index (χ1n) is 16.9. The minimum absolute atomic E-state index is 0.252. The molecular formula is C41H44N2O6. The van der Waals surface area contributed by atoms with Gasteiger partial charge >= 0.3 is 5.97 Å². The molecule has 0 radical (unpaired) electrons. The number of aryl methyl sites for hydroxylation is 1. The summed E-state index contributed by atoms with van der Waals surface area (Å²) in [5.41, 5.74) is 5.51. The average Bonchev–Trinajstić information content (AvgIpc) is 3.15. The van der Waals surface area contributed by atoms with E-state index in [0.29, 0.717) is 29.0 Å². The third-order valence-electron chi connectivity index (χ3n) is 9.16. The third kappa shape index (κ3) is 8.21. The Kier molecular flexibility index (Phi) is 11.9. The number of carbonyl (C=O) groups excluding carboxylic acids is 3. The van der Waals surface area contributed by atoms with Gasteiger partial charge in [-0.2, -0.15) is 0 Å². The van der Waals surface area contributed by atoms with Crippen LogP contribution in [0.2, 0.25) is 0 Å². The Labute approximate surface area is 288 Å². The summed E-state index contributed by atoms with van der Waals surface area (Å²) in [6.45, 7) is 3.39. The molecule has 0 aliphatic heterocycles. The largest absolute Gasteiger partial charge is 0.343 e. The molecule has 5 rings (SSSR count). The van der Waals surface area contributed by atoms with E-state index in [2.05, 4.69) is 41.2 Å². The molecule has 49 heavy (non-hydrogen) atoms. The van der Waals surface area contributed by atoms with E-state index in [1.54, 1.807) is 36.4 Å². The van der Waals surface area contributed by atoms with Crippen molar-refractivity contribution >= 4 is 40.3 Å². The Morgan fingerprint density at radius 1 is 0.735 bits per heavy atom. The third-order valence-corrected chi connectivity index (χ3v) is 9.16. The van der Waals surface area contributed by atoms with Gasteiger partial charge in [0.05, 0.1) is 0 Å². The molecule has 254 valence electrons. The van der Waals surface area contributed by atoms with Gasteiger partial charge in [-0.05, 0) is 85.0 Å². The van der Waals surface area contributed by atoms with E-state index in [0.717, 1.165) is 49.2 Å². The van der Waals surface area contributed by atoms with Crippen molar-refractivity contribution in [3.63, 3.8) is 0 Å². The van der Waals surface area contributed by atoms with Crippen LogP contribution < -0.4 is 4.90 Å². The molecule has 0 spiro atoms. The van der Waals surface area contributed by atoms with Crippen molar-refractivity contribution in [1.29, 1.82) is 0 Å². The topological polar surface area (TPSA) is 94.5 Å². The molecule has 8 heteroatoms. The molecule has 1 fully saturated rings. The highest BCUT2D eigenvalue weighted by Gasteiger charge is 2.41. The van der Waals surface area contributed by atoms with Gasteiger partial charge in [0.2, 0.25) is 11.6 Å². The van der Waals surface area contributed by atoms with Gasteiger partial charge in [0.25, 0.3) is 5.79 Å². The molecule has 0 amide bonds. The lowest BCUT2D eigenvalue weighted by atomic mass is 9.84. The second-order valence-electron chi connectivity index (χ2n) is 12.3. The number of hydrogen-bond donors (Lipinski definition) is 0. The van der Waals surface area contributed by atoms with Crippen LogP contribution in [0.3, 0.4) is 0 Å². The monoisotopic (exact) mass is 660 g/mol. The molecule has 0 heterocycles. The van der Waals surface area contributed by atoms with E-state index < -0.39 is 11.8 Å². The molecule has 0 saturated heterocycles. The highest BCUT2D eigenvalue weighted by molar-refractivity contribution is 6.46. The number of oxime groups is 1. The van der Waals surface area contributed by atoms with Gasteiger partial charge in [-0.3, -0.25) is 9.59 Å². The fourth-order valence-electron chi connectivity index (χ4n) is 6.46. The van der Waals surface area contributed by atoms with Crippen LogP contribution in [-0.2, 0) is 31.3 Å². The zero-order chi connectivity index (χ0) is 34.8. The Hall–Kier alpha value is -4.92. The van der Waals surface area contributed by atoms with Crippen LogP contribution in [0, 0.1) is 5.92 Å². The van der Waals surface area contributed by atoms with Gasteiger partial charge < -0.3 is 19.2 Å². The summed E-state index contributed by atoms with van der Waals surface area (Å²) >= 11 is 0. The van der Waals surface area contributed by atoms with Crippen LogP contribution in [0.5, 0.6) is 0 Å². The second-order valence-corrected chi connectivity index (χ2v) is 12.3. The standard InChI is InChI=1S/C41H44N2O6/c1-5-30-16-22-35(23-17-30)43(37-26-20-33(21-27-37)40(46)41(47-3,48-4)34-14-10-7-11-15-34)36-24-18-32(19-25-36)39(45)38(42-49-29(2)44)28-31-12-8-6-9-13-31/h7,10-11,14-27,31H,5-6,8-9,12-13,28H2,1-4H3/b42-38+. The summed E-state index contributed by atoms with van der Waals surface area (Å²) in [5, 5.41) is 4.00. The van der Waals surface area contributed by atoms with Crippen LogP contribution >= 0.6 is 0 Å². The van der Waals surface area contributed by atoms with Crippen LogP contribution in [-0.4, -0.2) is 37.5 Å². The molecule has 4 aromatic rings. The van der Waals surface area contributed by atoms with Crippen molar-refractivity contribution in [3.8, 4) is 0 Å². The summed E-state index contributed by atoms with van der Waals surface area (Å²) in [6, 6.07) is 32.1. The molecule has 0 aromatic heterocycles. The van der Waals surface area contributed by atoms with Crippen LogP contribution in [0.15, 0.2) is 108 Å². The predicted octanol–water partition coefficient (Wildman–Crippen LogP) is 9.12. The normalized spacial score (nSPS) is 13.9. The van der Waals surface area contributed by atoms with Crippen molar-refractivity contribution < 1.29 is 28.7 Å². The first-order valence-corrected chi connectivity index (χ1v) is 16.9. The number of nitrogens with zero attached hydrogens (tertiary/aromatic N) is 2. The second kappa shape index (κ2) is 16.5. The summed E-state index contributed by atoms with van der Waals surface area (Å²) in [6.07, 6.45) is 6.92. The lowest BCUT2D eigenvalue weighted by molar-refractivity contribution is -0.176. The number of carbonyl (C=O) groups is 3. The number of anilines is 3. The Morgan fingerprint density at radius 3 is 1.78 bits per heavy atom. The molecule has 8 nitrogen and oxygen atoms in total. The molecule has 0 unspecified atom stereocenters. The van der Waals surface area contributed by atoms with Crippen molar-refractivity contribution in [3.05, 3.63) is 125 Å². The first kappa shape index (κ1) is 35.4. The van der Waals surface area contributed by atoms with Gasteiger partial charge in [-0.25, -0.2) is 4.79 Å². The molecule has 0 bridgehead atoms. The molecule has 0 atom stereocenters. The summed E-state index contributed by atoms with van der Waals surface area (Å²) in [7, 11) is 2.92. The van der Waals surface area contributed by atoms with Crippen LogP contribution in [0.4, 0.5) is 17.1 Å². The maximum Gasteiger partial charge on any atom is 0.331 e. The van der Waals surface area contributed by atoms with E-state index in [1.807, 2.05) is 42.5 Å². The Bertz CT molecular complexity index is 1740. The minimum atomic E-state index is -1.59. The molecule has 0 N–H and O–H groups in total. The highest BCUT2D eigenvalue weighted by atomic mass is 16.7. The van der Waals surface area contributed by atoms with Gasteiger partial charge in [0.1, 0.15) is 5.71 Å². The predicted molar refractivity (Wildman–Crippen MR) is 192 cm³/mol. The average molecular weight is 661 g/mol. The quantitative estimate of drug-likeness (QED) is 0.0438. The number of methoxy groups -OCH3 is 2. The number of ketones is 2. The molecule has 4 aromatic carbocycles. The number of Topliss-reactive ketones (excluding diaryl/α,β-unsaturated/α-hetero) is 2. The van der Waals surface area contributed by atoms with Crippen molar-refractivity contribution in [1.82, 2.24) is 0 Å². The fraction of sp³-hybridized carbons (Fsp3) is 0.317.